The third-order valence-electron chi connectivity index (χ3n) is 23.7. The van der Waals surface area contributed by atoms with Crippen LogP contribution < -0.4 is 0 Å². The van der Waals surface area contributed by atoms with Gasteiger partial charge in [-0.05, 0) is 176 Å². The summed E-state index contributed by atoms with van der Waals surface area (Å²) < 4.78 is 342. The lowest BCUT2D eigenvalue weighted by Gasteiger charge is -2.36. The van der Waals surface area contributed by atoms with Crippen molar-refractivity contribution in [3.63, 3.8) is 0 Å². The summed E-state index contributed by atoms with van der Waals surface area (Å²) in [7, 11) is -41.3. The van der Waals surface area contributed by atoms with Gasteiger partial charge >= 0.3 is 22.0 Å². The molecule has 0 aromatic rings. The second kappa shape index (κ2) is 30.2. The molecule has 8 rings (SSSR count). The highest BCUT2D eigenvalue weighted by molar-refractivity contribution is 8.10. The lowest BCUT2D eigenvalue weighted by atomic mass is 9.75. The van der Waals surface area contributed by atoms with E-state index in [1.807, 2.05) is 6.92 Å². The van der Waals surface area contributed by atoms with Crippen molar-refractivity contribution in [3.8, 4) is 0 Å². The van der Waals surface area contributed by atoms with Crippen LogP contribution in [0.5, 0.6) is 0 Å². The number of alkyl halides is 12. The maximum absolute atomic E-state index is 12.9. The van der Waals surface area contributed by atoms with Crippen molar-refractivity contribution in [1.82, 2.24) is 0 Å². The maximum Gasteiger partial charge on any atom is 0.498 e. The molecule has 0 radical (unpaired) electrons. The highest BCUT2D eigenvalue weighted by Gasteiger charge is 2.69. The van der Waals surface area contributed by atoms with Gasteiger partial charge in [-0.3, -0.25) is 0 Å². The van der Waals surface area contributed by atoms with E-state index >= 15 is 0 Å². The van der Waals surface area contributed by atoms with Crippen molar-refractivity contribution < 1.29 is 140 Å². The Morgan fingerprint density at radius 2 is 0.670 bits per heavy atom. The Labute approximate surface area is 563 Å². The molecule has 22 unspecified atom stereocenters. The summed E-state index contributed by atoms with van der Waals surface area (Å²) in [5.74, 6) is 2.00. The quantitative estimate of drug-likeness (QED) is 0.0903. The van der Waals surface area contributed by atoms with Crippen LogP contribution in [-0.4, -0.2) is 182 Å². The van der Waals surface area contributed by atoms with Gasteiger partial charge in [-0.1, -0.05) is 55.4 Å². The van der Waals surface area contributed by atoms with Crippen LogP contribution in [0.15, 0.2) is 0 Å². The van der Waals surface area contributed by atoms with Crippen LogP contribution in [0.2, 0.25) is 0 Å². The lowest BCUT2D eigenvalue weighted by molar-refractivity contribution is -0.0502. The average molecular weight is 1580 g/mol. The Balaban J connectivity index is 0.000000236. The number of hydrogen-bond acceptors (Lipinski definition) is 20. The molecule has 0 amide bonds. The van der Waals surface area contributed by atoms with E-state index in [1.54, 1.807) is 13.8 Å². The summed E-state index contributed by atoms with van der Waals surface area (Å²) in [5.41, 5.74) is -24.7. The van der Waals surface area contributed by atoms with E-state index in [1.165, 1.54) is 6.42 Å². The number of sulfone groups is 8. The lowest BCUT2D eigenvalue weighted by Crippen LogP contribution is -2.51. The van der Waals surface area contributed by atoms with E-state index in [0.29, 0.717) is 65.8 Å². The van der Waals surface area contributed by atoms with Crippen LogP contribution in [0.3, 0.4) is 0 Å². The number of aliphatic hydroxyl groups excluding tert-OH is 2. The first kappa shape index (κ1) is 86.2. The summed E-state index contributed by atoms with van der Waals surface area (Å²) in [6.07, 6.45) is 8.88. The first-order valence-electron chi connectivity index (χ1n) is 31.8. The van der Waals surface area contributed by atoms with Gasteiger partial charge < -0.3 is 19.7 Å². The summed E-state index contributed by atoms with van der Waals surface area (Å²) >= 11 is 0. The van der Waals surface area contributed by atoms with Gasteiger partial charge in [0.15, 0.2) is 57.7 Å². The van der Waals surface area contributed by atoms with Crippen LogP contribution in [0, 0.1) is 124 Å². The summed E-state index contributed by atoms with van der Waals surface area (Å²) in [6.45, 7) is 14.4. The Morgan fingerprint density at radius 1 is 0.381 bits per heavy atom. The molecule has 20 nitrogen and oxygen atoms in total. The van der Waals surface area contributed by atoms with E-state index < -0.39 is 156 Å². The first-order valence-corrected chi connectivity index (χ1v) is 45.8. The van der Waals surface area contributed by atoms with Gasteiger partial charge in [0.25, 0.3) is 39.3 Å². The normalized spacial score (nSPS) is 34.7. The van der Waals surface area contributed by atoms with Crippen molar-refractivity contribution in [3.05, 3.63) is 0 Å². The van der Waals surface area contributed by atoms with Crippen LogP contribution in [0.1, 0.15) is 120 Å². The monoisotopic (exact) mass is 1580 g/mol. The predicted molar refractivity (Wildman–Crippen MR) is 334 cm³/mol. The van der Waals surface area contributed by atoms with Gasteiger partial charge in [0.1, 0.15) is 0 Å². The molecule has 97 heavy (non-hydrogen) atoms. The molecule has 0 aromatic carbocycles. The molecular weight excluding hydrogens is 1490 g/mol. The minimum absolute atomic E-state index is 0.00548. The summed E-state index contributed by atoms with van der Waals surface area (Å²) in [6, 6.07) is 0. The number of hydrogen-bond donors (Lipinski definition) is 2. The molecule has 8 aliphatic carbocycles. The Morgan fingerprint density at radius 3 is 0.948 bits per heavy atom. The highest BCUT2D eigenvalue weighted by atomic mass is 32.3. The largest absolute Gasteiger partial charge is 0.498 e. The van der Waals surface area contributed by atoms with Gasteiger partial charge in [0.2, 0.25) is 0 Å². The topological polar surface area (TPSA) is 332 Å². The first-order chi connectivity index (χ1) is 43.4. The molecule has 0 aliphatic heterocycles. The minimum Gasteiger partial charge on any atom is -0.396 e. The second-order valence-corrected chi connectivity index (χ2v) is 47.8. The molecule has 574 valence electrons. The van der Waals surface area contributed by atoms with Crippen LogP contribution >= 0.6 is 0 Å². The smallest absolute Gasteiger partial charge is 0.396 e. The second-order valence-electron chi connectivity index (χ2n) is 29.4. The summed E-state index contributed by atoms with van der Waals surface area (Å²) in [5, 5.41) is 19.3. The Bertz CT molecular complexity index is 3520. The molecular formula is C57H94F12O20S8. The zero-order chi connectivity index (χ0) is 75.0. The Hall–Kier alpha value is -1.40. The molecule has 0 aromatic heterocycles. The molecule has 8 aliphatic rings. The fraction of sp³-hybridized carbons (Fsp3) is 1.00. The van der Waals surface area contributed by atoms with E-state index in [2.05, 4.69) is 34.6 Å². The average Bonchev–Trinajstić information content (AvgIpc) is 1.72. The molecule has 0 saturated heterocycles. The molecule has 8 saturated carbocycles. The molecule has 0 spiro atoms. The molecule has 2 N–H and O–H groups in total. The fourth-order valence-electron chi connectivity index (χ4n) is 17.9. The van der Waals surface area contributed by atoms with Crippen molar-refractivity contribution >= 4 is 78.7 Å². The Kier molecular flexibility index (Phi) is 26.9. The van der Waals surface area contributed by atoms with Gasteiger partial charge in [-0.2, -0.15) is 52.7 Å². The number of halogens is 12. The molecule has 8 bridgehead atoms. The third-order valence-corrected chi connectivity index (χ3v) is 42.0. The molecule has 8 fully saturated rings. The van der Waals surface area contributed by atoms with Crippen molar-refractivity contribution in [2.75, 3.05) is 58.1 Å². The zero-order valence-electron chi connectivity index (χ0n) is 55.7. The van der Waals surface area contributed by atoms with Gasteiger partial charge in [0.05, 0.1) is 25.9 Å². The molecule has 40 heteroatoms. The van der Waals surface area contributed by atoms with Crippen LogP contribution in [-0.2, 0) is 88.2 Å². The SMILES string of the molecule is CC1C2CC(C1C)C(C(S(=O)(=O)C(F)(F)F)S(=O)(=O)C(F)(F)F)C2.CC1C2CC(CC(S(C)(=O)=O)S(C)(=O)=O)C(C2)C1C.CC1C2CC(COCC(CO)C(S(=O)(=O)C(F)(F)F)S(=O)(=O)C(F)(F)F)C(C2)C1C.CC1C2CC(COCC(O)CC(S(C)(=O)=O)S(C)(=O)=O)C(C2)C1C. The zero-order valence-corrected chi connectivity index (χ0v) is 62.2. The highest BCUT2D eigenvalue weighted by Crippen LogP contribution is 2.61. The number of aliphatic hydroxyl groups is 2. The molecule has 0 heterocycles. The number of fused-ring (bicyclic) bond motifs is 8. The minimum atomic E-state index is -6.81. The summed E-state index contributed by atoms with van der Waals surface area (Å²) in [4.78, 5) is 0. The van der Waals surface area contributed by atoms with Gasteiger partial charge in [-0.25, -0.2) is 67.3 Å². The van der Waals surface area contributed by atoms with Crippen molar-refractivity contribution in [2.24, 2.45) is 124 Å². The number of ether oxygens (including phenoxy) is 2. The predicted octanol–water partition coefficient (Wildman–Crippen LogP) is 8.66. The van der Waals surface area contributed by atoms with E-state index in [-0.39, 0.29) is 74.4 Å². The number of rotatable bonds is 23. The van der Waals surface area contributed by atoms with Gasteiger partial charge in [0, 0.05) is 50.6 Å². The van der Waals surface area contributed by atoms with E-state index in [4.69, 9.17) is 9.47 Å². The van der Waals surface area contributed by atoms with E-state index in [0.717, 1.165) is 69.0 Å². The molecule has 22 atom stereocenters. The van der Waals surface area contributed by atoms with Crippen molar-refractivity contribution in [2.45, 2.75) is 166 Å². The standard InChI is InChI=1S/C16H24F6O6S2.C16H30O6S2.C13H24O4S2.C12H16F6O4S2/c1-8-9(2)13-4-10(8)3-11(13)6-28-7-12(5-23)14(29(24,25)15(17,18)19)30(26,27)16(20,21)22;1-10-11(2)15-6-12(10)5-13(15)8-22-9-14(17)7-16(23(3,18)19)24(4,20)21;1-8-9(2)12-6-10(8)5-11(12)7-13(18(3,14)15)19(4,16)17;1-5-6(2)8-3-7(5)4-9(8)10(23(19,20)11(13,14)15)24(21,22)12(16,17)18/h8-14,23H,3-7H2,1-2H3;10-17H,5-9H2,1-4H3;8-13H,5-7H2,1-4H3;5-10H,3-4H2,1-2H3. The third kappa shape index (κ3) is 18.6. The van der Waals surface area contributed by atoms with Crippen LogP contribution in [0.4, 0.5) is 52.7 Å². The van der Waals surface area contributed by atoms with Gasteiger partial charge in [-0.15, -0.1) is 0 Å². The van der Waals surface area contributed by atoms with E-state index in [9.17, 15) is 130 Å². The van der Waals surface area contributed by atoms with Crippen molar-refractivity contribution in [1.29, 1.82) is 0 Å². The van der Waals surface area contributed by atoms with Crippen LogP contribution in [0.25, 0.3) is 0 Å². The fourth-order valence-corrected chi connectivity index (χ4v) is 33.2. The maximum atomic E-state index is 12.9.